The molecule has 1 aliphatic carbocycles. The van der Waals surface area contributed by atoms with Gasteiger partial charge >= 0.3 is 0 Å². The molecule has 7 nitrogen and oxygen atoms in total. The molecule has 126 valence electrons. The molecule has 0 saturated heterocycles. The first-order valence-corrected chi connectivity index (χ1v) is 8.73. The molecule has 0 bridgehead atoms. The number of hydrogen-bond acceptors (Lipinski definition) is 6. The summed E-state index contributed by atoms with van der Waals surface area (Å²) in [7, 11) is 0. The molecular weight excluding hydrogens is 314 g/mol. The summed E-state index contributed by atoms with van der Waals surface area (Å²) in [6.07, 6.45) is 6.82. The number of pyridine rings is 1. The first-order valence-electron chi connectivity index (χ1n) is 8.73. The van der Waals surface area contributed by atoms with Gasteiger partial charge < -0.3 is 9.47 Å². The molecule has 0 spiro atoms. The Morgan fingerprint density at radius 2 is 1.88 bits per heavy atom. The molecule has 25 heavy (non-hydrogen) atoms. The molecule has 0 amide bonds. The van der Waals surface area contributed by atoms with Crippen molar-refractivity contribution in [1.82, 2.24) is 29.7 Å². The molecule has 4 heterocycles. The lowest BCUT2D eigenvalue weighted by molar-refractivity contribution is 0.546. The summed E-state index contributed by atoms with van der Waals surface area (Å²) in [6.45, 7) is 4.58. The van der Waals surface area contributed by atoms with Crippen LogP contribution in [0.3, 0.4) is 0 Å². The zero-order valence-electron chi connectivity index (χ0n) is 14.2. The maximum absolute atomic E-state index is 4.95. The van der Waals surface area contributed by atoms with Crippen LogP contribution < -0.4 is 4.90 Å². The van der Waals surface area contributed by atoms with Gasteiger partial charge in [0, 0.05) is 42.3 Å². The van der Waals surface area contributed by atoms with E-state index in [1.54, 1.807) is 12.4 Å². The second-order valence-corrected chi connectivity index (χ2v) is 6.62. The van der Waals surface area contributed by atoms with Crippen molar-refractivity contribution < 1.29 is 0 Å². The van der Waals surface area contributed by atoms with Gasteiger partial charge in [0.1, 0.15) is 11.6 Å². The molecule has 2 aliphatic rings. The van der Waals surface area contributed by atoms with Gasteiger partial charge in [0.2, 0.25) is 0 Å². The van der Waals surface area contributed by atoms with E-state index in [1.807, 2.05) is 19.1 Å². The third-order valence-electron chi connectivity index (χ3n) is 5.09. The van der Waals surface area contributed by atoms with Crippen molar-refractivity contribution in [2.24, 2.45) is 0 Å². The fourth-order valence-electron chi connectivity index (χ4n) is 3.79. The molecule has 0 radical (unpaired) electrons. The van der Waals surface area contributed by atoms with Gasteiger partial charge in [-0.25, -0.2) is 9.97 Å². The minimum Gasteiger partial charge on any atom is -0.347 e. The normalized spacial score (nSPS) is 16.0. The quantitative estimate of drug-likeness (QED) is 0.714. The van der Waals surface area contributed by atoms with Crippen molar-refractivity contribution in [3.05, 3.63) is 47.4 Å². The van der Waals surface area contributed by atoms with Gasteiger partial charge in [-0.3, -0.25) is 4.98 Å². The van der Waals surface area contributed by atoms with Gasteiger partial charge in [0.15, 0.2) is 11.6 Å². The summed E-state index contributed by atoms with van der Waals surface area (Å²) in [5.41, 5.74) is 3.52. The minimum atomic E-state index is 0.750. The molecule has 3 aromatic rings. The van der Waals surface area contributed by atoms with Crippen LogP contribution in [0.1, 0.15) is 29.3 Å². The molecule has 5 rings (SSSR count). The number of anilines is 1. The fourth-order valence-corrected chi connectivity index (χ4v) is 3.79. The van der Waals surface area contributed by atoms with E-state index in [4.69, 9.17) is 9.97 Å². The Kier molecular flexibility index (Phi) is 3.26. The Balaban J connectivity index is 1.58. The molecule has 0 N–H and O–H groups in total. The molecule has 0 unspecified atom stereocenters. The van der Waals surface area contributed by atoms with E-state index in [0.717, 1.165) is 67.8 Å². The fraction of sp³-hybridized carbons (Fsp3) is 0.389. The molecule has 0 fully saturated rings. The number of nitrogens with zero attached hydrogens (tertiary/aromatic N) is 7. The largest absolute Gasteiger partial charge is 0.347 e. The number of aromatic nitrogens is 6. The van der Waals surface area contributed by atoms with Crippen LogP contribution in [0.2, 0.25) is 0 Å². The summed E-state index contributed by atoms with van der Waals surface area (Å²) in [5, 5.41) is 8.54. The van der Waals surface area contributed by atoms with E-state index >= 15 is 0 Å². The van der Waals surface area contributed by atoms with Crippen molar-refractivity contribution in [2.75, 3.05) is 11.4 Å². The first-order chi connectivity index (χ1) is 12.3. The Labute approximate surface area is 145 Å². The summed E-state index contributed by atoms with van der Waals surface area (Å²) < 4.78 is 2.20. The molecule has 7 heteroatoms. The van der Waals surface area contributed by atoms with Gasteiger partial charge in [0.25, 0.3) is 0 Å². The predicted octanol–water partition coefficient (Wildman–Crippen LogP) is 1.95. The Morgan fingerprint density at radius 3 is 2.76 bits per heavy atom. The minimum absolute atomic E-state index is 0.750. The topological polar surface area (TPSA) is 72.6 Å². The van der Waals surface area contributed by atoms with Gasteiger partial charge in [-0.1, -0.05) is 0 Å². The second-order valence-electron chi connectivity index (χ2n) is 6.62. The van der Waals surface area contributed by atoms with Gasteiger partial charge in [-0.05, 0) is 38.3 Å². The second kappa shape index (κ2) is 5.61. The standard InChI is InChI=1S/C18H19N7/c1-12-22-23-16-11-24(9-10-25(12)16)18-14-3-2-4-15(14)20-17(21-18)13-5-7-19-8-6-13/h5-8H,2-4,9-11H2,1H3. The summed E-state index contributed by atoms with van der Waals surface area (Å²) in [5.74, 6) is 3.86. The third-order valence-corrected chi connectivity index (χ3v) is 5.09. The van der Waals surface area contributed by atoms with Crippen molar-refractivity contribution in [3.8, 4) is 11.4 Å². The zero-order valence-corrected chi connectivity index (χ0v) is 14.2. The Bertz CT molecular complexity index is 932. The maximum Gasteiger partial charge on any atom is 0.161 e. The van der Waals surface area contributed by atoms with E-state index < -0.39 is 0 Å². The highest BCUT2D eigenvalue weighted by Gasteiger charge is 2.27. The molecule has 3 aromatic heterocycles. The van der Waals surface area contributed by atoms with E-state index in [2.05, 4.69) is 24.6 Å². The van der Waals surface area contributed by atoms with Crippen molar-refractivity contribution in [3.63, 3.8) is 0 Å². The zero-order chi connectivity index (χ0) is 16.8. The highest BCUT2D eigenvalue weighted by molar-refractivity contribution is 5.61. The number of hydrogen-bond donors (Lipinski definition) is 0. The summed E-state index contributed by atoms with van der Waals surface area (Å²) in [4.78, 5) is 16.2. The van der Waals surface area contributed by atoms with Crippen LogP contribution in [0.15, 0.2) is 24.5 Å². The van der Waals surface area contributed by atoms with Crippen molar-refractivity contribution in [2.45, 2.75) is 39.3 Å². The van der Waals surface area contributed by atoms with Crippen LogP contribution in [-0.2, 0) is 25.9 Å². The molecule has 0 saturated carbocycles. The highest BCUT2D eigenvalue weighted by atomic mass is 15.3. The average molecular weight is 333 g/mol. The van der Waals surface area contributed by atoms with E-state index in [9.17, 15) is 0 Å². The van der Waals surface area contributed by atoms with Gasteiger partial charge in [0.05, 0.1) is 6.54 Å². The predicted molar refractivity (Wildman–Crippen MR) is 93.1 cm³/mol. The van der Waals surface area contributed by atoms with Crippen LogP contribution in [0.4, 0.5) is 5.82 Å². The van der Waals surface area contributed by atoms with Gasteiger partial charge in [-0.15, -0.1) is 10.2 Å². The summed E-state index contributed by atoms with van der Waals surface area (Å²) >= 11 is 0. The SMILES string of the molecule is Cc1nnc2n1CCN(c1nc(-c3ccncc3)nc3c1CCC3)C2. The molecule has 0 atom stereocenters. The third kappa shape index (κ3) is 2.38. The maximum atomic E-state index is 4.95. The highest BCUT2D eigenvalue weighted by Crippen LogP contribution is 2.32. The van der Waals surface area contributed by atoms with Crippen LogP contribution in [-0.4, -0.2) is 36.3 Å². The van der Waals surface area contributed by atoms with Crippen LogP contribution in [0, 0.1) is 6.92 Å². The molecule has 0 aromatic carbocycles. The summed E-state index contributed by atoms with van der Waals surface area (Å²) in [6, 6.07) is 3.94. The Hall–Kier alpha value is -2.83. The monoisotopic (exact) mass is 333 g/mol. The van der Waals surface area contributed by atoms with Gasteiger partial charge in [-0.2, -0.15) is 0 Å². The van der Waals surface area contributed by atoms with Crippen LogP contribution >= 0.6 is 0 Å². The van der Waals surface area contributed by atoms with Crippen molar-refractivity contribution >= 4 is 5.82 Å². The molecular formula is C18H19N7. The number of aryl methyl sites for hydroxylation is 2. The lowest BCUT2D eigenvalue weighted by atomic mass is 10.2. The molecule has 1 aliphatic heterocycles. The van der Waals surface area contributed by atoms with Crippen molar-refractivity contribution in [1.29, 1.82) is 0 Å². The van der Waals surface area contributed by atoms with E-state index in [1.165, 1.54) is 11.3 Å². The lowest BCUT2D eigenvalue weighted by Gasteiger charge is -2.30. The van der Waals surface area contributed by atoms with E-state index in [-0.39, 0.29) is 0 Å². The number of rotatable bonds is 2. The smallest absolute Gasteiger partial charge is 0.161 e. The first kappa shape index (κ1) is 14.5. The average Bonchev–Trinajstić information content (AvgIpc) is 3.28. The number of fused-ring (bicyclic) bond motifs is 2. The lowest BCUT2D eigenvalue weighted by Crippen LogP contribution is -2.35. The van der Waals surface area contributed by atoms with E-state index in [0.29, 0.717) is 0 Å². The Morgan fingerprint density at radius 1 is 1.00 bits per heavy atom. The van der Waals surface area contributed by atoms with Crippen LogP contribution in [0.5, 0.6) is 0 Å². The van der Waals surface area contributed by atoms with Crippen LogP contribution in [0.25, 0.3) is 11.4 Å².